The van der Waals surface area contributed by atoms with Crippen LogP contribution in [0, 0.1) is 13.8 Å². The van der Waals surface area contributed by atoms with Crippen molar-refractivity contribution < 1.29 is 8.83 Å². The van der Waals surface area contributed by atoms with Crippen LogP contribution in [0.2, 0.25) is 0 Å². The second-order valence-corrected chi connectivity index (χ2v) is 4.40. The zero-order valence-electron chi connectivity index (χ0n) is 11.1. The van der Waals surface area contributed by atoms with Crippen LogP contribution >= 0.6 is 0 Å². The van der Waals surface area contributed by atoms with Crippen molar-refractivity contribution in [2.45, 2.75) is 46.6 Å². The molecular weight excluding hydrogens is 230 g/mol. The van der Waals surface area contributed by atoms with E-state index >= 15 is 0 Å². The highest BCUT2D eigenvalue weighted by Gasteiger charge is 2.08. The van der Waals surface area contributed by atoms with Gasteiger partial charge in [0.1, 0.15) is 11.5 Å². The molecule has 0 atom stereocenters. The van der Waals surface area contributed by atoms with Gasteiger partial charge in [-0.2, -0.15) is 0 Å². The van der Waals surface area contributed by atoms with Crippen molar-refractivity contribution in [3.63, 3.8) is 0 Å². The smallest absolute Gasteiger partial charge is 0.315 e. The summed E-state index contributed by atoms with van der Waals surface area (Å²) >= 11 is 0. The minimum Gasteiger partial charge on any atom is -0.466 e. The van der Waals surface area contributed by atoms with Gasteiger partial charge in [-0.1, -0.05) is 18.4 Å². The summed E-state index contributed by atoms with van der Waals surface area (Å²) in [5.74, 6) is 2.53. The van der Waals surface area contributed by atoms with Gasteiger partial charge >= 0.3 is 6.01 Å². The fraction of sp³-hybridized carbons (Fsp3) is 0.538. The number of nitrogens with one attached hydrogen (secondary N) is 1. The summed E-state index contributed by atoms with van der Waals surface area (Å²) in [6.07, 6.45) is 3.04. The fourth-order valence-corrected chi connectivity index (χ4v) is 1.78. The van der Waals surface area contributed by atoms with Crippen LogP contribution in [0.25, 0.3) is 0 Å². The maximum Gasteiger partial charge on any atom is 0.315 e. The molecule has 0 aromatic carbocycles. The van der Waals surface area contributed by atoms with Gasteiger partial charge < -0.3 is 14.2 Å². The molecule has 0 saturated heterocycles. The molecule has 1 N–H and O–H groups in total. The second-order valence-electron chi connectivity index (χ2n) is 4.40. The molecule has 0 aliphatic heterocycles. The molecule has 5 nitrogen and oxygen atoms in total. The van der Waals surface area contributed by atoms with Crippen LogP contribution in [0.3, 0.4) is 0 Å². The molecule has 98 valence electrons. The Morgan fingerprint density at radius 2 is 2.06 bits per heavy atom. The number of anilines is 1. The first-order valence-electron chi connectivity index (χ1n) is 6.31. The maximum atomic E-state index is 5.49. The highest BCUT2D eigenvalue weighted by atomic mass is 16.4. The van der Waals surface area contributed by atoms with Gasteiger partial charge in [-0.25, -0.2) is 0 Å². The zero-order valence-corrected chi connectivity index (χ0v) is 11.1. The van der Waals surface area contributed by atoms with E-state index in [-0.39, 0.29) is 0 Å². The van der Waals surface area contributed by atoms with Gasteiger partial charge in [0.25, 0.3) is 0 Å². The Morgan fingerprint density at radius 3 is 2.72 bits per heavy atom. The first-order chi connectivity index (χ1) is 8.69. The summed E-state index contributed by atoms with van der Waals surface area (Å²) in [4.78, 5) is 0. The molecule has 0 unspecified atom stereocenters. The van der Waals surface area contributed by atoms with Crippen LogP contribution in [0.1, 0.15) is 42.7 Å². The quantitative estimate of drug-likeness (QED) is 0.851. The van der Waals surface area contributed by atoms with Gasteiger partial charge in [0, 0.05) is 18.5 Å². The largest absolute Gasteiger partial charge is 0.466 e. The Bertz CT molecular complexity index is 502. The highest BCUT2D eigenvalue weighted by Crippen LogP contribution is 2.15. The van der Waals surface area contributed by atoms with Gasteiger partial charge in [-0.15, -0.1) is 5.10 Å². The molecule has 0 bridgehead atoms. The van der Waals surface area contributed by atoms with Crippen molar-refractivity contribution in [3.05, 3.63) is 29.0 Å². The van der Waals surface area contributed by atoms with E-state index in [2.05, 4.69) is 22.4 Å². The lowest BCUT2D eigenvalue weighted by Crippen LogP contribution is -1.99. The van der Waals surface area contributed by atoms with Gasteiger partial charge in [0.15, 0.2) is 0 Å². The minimum absolute atomic E-state index is 0.472. The van der Waals surface area contributed by atoms with Crippen molar-refractivity contribution in [1.29, 1.82) is 0 Å². The summed E-state index contributed by atoms with van der Waals surface area (Å²) in [5, 5.41) is 11.1. The zero-order chi connectivity index (χ0) is 13.0. The van der Waals surface area contributed by atoms with Crippen molar-refractivity contribution in [1.82, 2.24) is 10.2 Å². The van der Waals surface area contributed by atoms with Crippen molar-refractivity contribution >= 4 is 6.01 Å². The number of nitrogens with zero attached hydrogens (tertiary/aromatic N) is 2. The SMILES string of the molecule is CCCCc1nnc(NCc2cc(C)oc2C)o1. The van der Waals surface area contributed by atoms with E-state index in [1.807, 2.05) is 19.9 Å². The van der Waals surface area contributed by atoms with Gasteiger partial charge in [-0.05, 0) is 26.3 Å². The van der Waals surface area contributed by atoms with Crippen LogP contribution in [0.5, 0.6) is 0 Å². The lowest BCUT2D eigenvalue weighted by Gasteiger charge is -1.98. The average molecular weight is 249 g/mol. The molecule has 2 aromatic rings. The first kappa shape index (κ1) is 12.7. The van der Waals surface area contributed by atoms with E-state index in [1.165, 1.54) is 0 Å². The van der Waals surface area contributed by atoms with E-state index in [9.17, 15) is 0 Å². The van der Waals surface area contributed by atoms with E-state index in [0.717, 1.165) is 36.3 Å². The third-order valence-corrected chi connectivity index (χ3v) is 2.78. The monoisotopic (exact) mass is 249 g/mol. The number of unbranched alkanes of at least 4 members (excludes halogenated alkanes) is 1. The van der Waals surface area contributed by atoms with E-state index in [0.29, 0.717) is 18.5 Å². The molecule has 0 saturated carbocycles. The van der Waals surface area contributed by atoms with Crippen LogP contribution in [-0.4, -0.2) is 10.2 Å². The summed E-state index contributed by atoms with van der Waals surface area (Å²) in [6, 6.07) is 2.48. The minimum atomic E-state index is 0.472. The second kappa shape index (κ2) is 5.71. The molecule has 0 radical (unpaired) electrons. The Morgan fingerprint density at radius 1 is 1.22 bits per heavy atom. The Balaban J connectivity index is 1.90. The molecule has 0 aliphatic rings. The Labute approximate surface area is 107 Å². The van der Waals surface area contributed by atoms with Crippen LogP contribution in [-0.2, 0) is 13.0 Å². The van der Waals surface area contributed by atoms with Gasteiger partial charge in [0.2, 0.25) is 5.89 Å². The molecule has 0 amide bonds. The molecule has 5 heteroatoms. The standard InChI is InChI=1S/C13H19N3O2/c1-4-5-6-12-15-16-13(18-12)14-8-11-7-9(2)17-10(11)3/h7H,4-6,8H2,1-3H3,(H,14,16). The van der Waals surface area contributed by atoms with E-state index < -0.39 is 0 Å². The fourth-order valence-electron chi connectivity index (χ4n) is 1.78. The number of furan rings is 1. The molecule has 2 heterocycles. The number of aryl methyl sites for hydroxylation is 3. The molecule has 18 heavy (non-hydrogen) atoms. The molecule has 0 spiro atoms. The Kier molecular flexibility index (Phi) is 4.02. The van der Waals surface area contributed by atoms with E-state index in [1.54, 1.807) is 0 Å². The average Bonchev–Trinajstić information content (AvgIpc) is 2.91. The normalized spacial score (nSPS) is 10.8. The topological polar surface area (TPSA) is 64.1 Å². The summed E-state index contributed by atoms with van der Waals surface area (Å²) in [5.41, 5.74) is 1.11. The number of aromatic nitrogens is 2. The third-order valence-electron chi connectivity index (χ3n) is 2.78. The van der Waals surface area contributed by atoms with Crippen molar-refractivity contribution in [2.75, 3.05) is 5.32 Å². The number of hydrogen-bond donors (Lipinski definition) is 1. The molecule has 2 rings (SSSR count). The predicted octanol–water partition coefficient (Wildman–Crippen LogP) is 3.23. The molecule has 0 fully saturated rings. The van der Waals surface area contributed by atoms with Crippen LogP contribution in [0.15, 0.2) is 14.9 Å². The van der Waals surface area contributed by atoms with Gasteiger partial charge in [0.05, 0.1) is 0 Å². The maximum absolute atomic E-state index is 5.49. The molecule has 2 aromatic heterocycles. The Hall–Kier alpha value is -1.78. The summed E-state index contributed by atoms with van der Waals surface area (Å²) in [7, 11) is 0. The van der Waals surface area contributed by atoms with Crippen molar-refractivity contribution in [3.8, 4) is 0 Å². The van der Waals surface area contributed by atoms with Crippen LogP contribution < -0.4 is 5.32 Å². The number of rotatable bonds is 6. The molecular formula is C13H19N3O2. The van der Waals surface area contributed by atoms with Crippen molar-refractivity contribution in [2.24, 2.45) is 0 Å². The third kappa shape index (κ3) is 3.12. The summed E-state index contributed by atoms with van der Waals surface area (Å²) in [6.45, 7) is 6.66. The van der Waals surface area contributed by atoms with Gasteiger partial charge in [-0.3, -0.25) is 0 Å². The van der Waals surface area contributed by atoms with Crippen LogP contribution in [0.4, 0.5) is 6.01 Å². The summed E-state index contributed by atoms with van der Waals surface area (Å²) < 4.78 is 10.9. The number of hydrogen-bond acceptors (Lipinski definition) is 5. The molecule has 0 aliphatic carbocycles. The van der Waals surface area contributed by atoms with E-state index in [4.69, 9.17) is 8.83 Å². The predicted molar refractivity (Wildman–Crippen MR) is 68.4 cm³/mol. The lowest BCUT2D eigenvalue weighted by molar-refractivity contribution is 0.493. The highest BCUT2D eigenvalue weighted by molar-refractivity contribution is 5.26. The lowest BCUT2D eigenvalue weighted by atomic mass is 10.2. The first-order valence-corrected chi connectivity index (χ1v) is 6.31.